The molecule has 3 atom stereocenters. The van der Waals surface area contributed by atoms with Crippen LogP contribution in [-0.2, 0) is 9.53 Å². The Hall–Kier alpha value is -2.81. The van der Waals surface area contributed by atoms with E-state index in [1.165, 1.54) is 0 Å². The summed E-state index contributed by atoms with van der Waals surface area (Å²) >= 11 is 0. The average molecular weight is 422 g/mol. The van der Waals surface area contributed by atoms with Gasteiger partial charge in [-0.1, -0.05) is 18.2 Å². The molecule has 31 heavy (non-hydrogen) atoms. The number of rotatable bonds is 4. The Morgan fingerprint density at radius 3 is 2.68 bits per heavy atom. The van der Waals surface area contributed by atoms with Gasteiger partial charge in [-0.15, -0.1) is 0 Å². The number of morpholine rings is 1. The topological polar surface area (TPSA) is 86.2 Å². The van der Waals surface area contributed by atoms with Crippen molar-refractivity contribution in [1.82, 2.24) is 14.8 Å². The van der Waals surface area contributed by atoms with Gasteiger partial charge in [0, 0.05) is 43.6 Å². The predicted molar refractivity (Wildman–Crippen MR) is 114 cm³/mol. The zero-order valence-electron chi connectivity index (χ0n) is 17.3. The molecule has 0 bridgehead atoms. The standard InChI is InChI=1S/C23H26N4O4/c28-15-20-22-17-5-1-2-6-18(17)26(23(30)16-4-3-7-24-12-16)13-19(22)27(20)21(29)14-25-8-10-31-11-9-25/h1-7,12,19-20,22,28H,8-11,13-15H2/t19-,20-,22+/m1/s1. The third-order valence-electron chi connectivity index (χ3n) is 6.59. The molecule has 2 fully saturated rings. The highest BCUT2D eigenvalue weighted by molar-refractivity contribution is 6.07. The molecule has 1 N–H and O–H groups in total. The lowest BCUT2D eigenvalue weighted by Crippen LogP contribution is -2.71. The van der Waals surface area contributed by atoms with Crippen LogP contribution in [0, 0.1) is 0 Å². The Balaban J connectivity index is 1.43. The van der Waals surface area contributed by atoms with Crippen LogP contribution in [0.1, 0.15) is 21.8 Å². The molecule has 8 nitrogen and oxygen atoms in total. The molecule has 2 saturated heterocycles. The third-order valence-corrected chi connectivity index (χ3v) is 6.59. The van der Waals surface area contributed by atoms with Crippen molar-refractivity contribution in [3.05, 3.63) is 59.9 Å². The van der Waals surface area contributed by atoms with Crippen LogP contribution in [0.2, 0.25) is 0 Å². The number of aromatic nitrogens is 1. The maximum absolute atomic E-state index is 13.3. The molecule has 1 aromatic heterocycles. The zero-order valence-corrected chi connectivity index (χ0v) is 17.3. The molecule has 0 spiro atoms. The monoisotopic (exact) mass is 422 g/mol. The van der Waals surface area contributed by atoms with Crippen LogP contribution in [-0.4, -0.2) is 89.8 Å². The molecule has 4 heterocycles. The number of para-hydroxylation sites is 1. The SMILES string of the molecule is O=C(c1cccnc1)N1C[C@@H]2[C@H](c3ccccc31)[C@@H](CO)N2C(=O)CN1CCOCC1. The van der Waals surface area contributed by atoms with Crippen LogP contribution in [0.3, 0.4) is 0 Å². The minimum Gasteiger partial charge on any atom is -0.394 e. The van der Waals surface area contributed by atoms with Gasteiger partial charge >= 0.3 is 0 Å². The van der Waals surface area contributed by atoms with Crippen LogP contribution < -0.4 is 4.90 Å². The highest BCUT2D eigenvalue weighted by atomic mass is 16.5. The minimum absolute atomic E-state index is 0.00430. The lowest BCUT2D eigenvalue weighted by atomic mass is 9.71. The summed E-state index contributed by atoms with van der Waals surface area (Å²) in [5.74, 6) is -0.116. The number of hydrogen-bond acceptors (Lipinski definition) is 6. The number of likely N-dealkylation sites (tertiary alicyclic amines) is 1. The fourth-order valence-electron chi connectivity index (χ4n) is 5.10. The molecule has 5 rings (SSSR count). The number of benzene rings is 1. The number of aliphatic hydroxyl groups excluding tert-OH is 1. The number of hydrogen-bond donors (Lipinski definition) is 1. The summed E-state index contributed by atoms with van der Waals surface area (Å²) in [5.41, 5.74) is 2.36. The lowest BCUT2D eigenvalue weighted by molar-refractivity contribution is -0.152. The Labute approximate surface area is 181 Å². The number of fused-ring (bicyclic) bond motifs is 3. The van der Waals surface area contributed by atoms with E-state index in [2.05, 4.69) is 9.88 Å². The number of nitrogens with zero attached hydrogens (tertiary/aromatic N) is 4. The number of ether oxygens (including phenoxy) is 1. The maximum Gasteiger partial charge on any atom is 0.259 e. The van der Waals surface area contributed by atoms with Crippen molar-refractivity contribution in [1.29, 1.82) is 0 Å². The van der Waals surface area contributed by atoms with Crippen molar-refractivity contribution in [3.8, 4) is 0 Å². The first-order valence-corrected chi connectivity index (χ1v) is 10.7. The van der Waals surface area contributed by atoms with E-state index >= 15 is 0 Å². The molecule has 3 aliphatic rings. The Kier molecular flexibility index (Phi) is 5.43. The van der Waals surface area contributed by atoms with Crippen molar-refractivity contribution >= 4 is 17.5 Å². The molecular formula is C23H26N4O4. The van der Waals surface area contributed by atoms with Crippen LogP contribution in [0.4, 0.5) is 5.69 Å². The average Bonchev–Trinajstić information content (AvgIpc) is 2.80. The van der Waals surface area contributed by atoms with E-state index in [4.69, 9.17) is 4.74 Å². The van der Waals surface area contributed by atoms with Crippen molar-refractivity contribution < 1.29 is 19.4 Å². The van der Waals surface area contributed by atoms with Gasteiger partial charge in [-0.25, -0.2) is 0 Å². The summed E-state index contributed by atoms with van der Waals surface area (Å²) in [6.45, 7) is 3.33. The smallest absolute Gasteiger partial charge is 0.259 e. The first kappa shape index (κ1) is 20.1. The Morgan fingerprint density at radius 1 is 1.13 bits per heavy atom. The van der Waals surface area contributed by atoms with Crippen LogP contribution in [0.15, 0.2) is 48.8 Å². The number of carbonyl (C=O) groups excluding carboxylic acids is 2. The molecule has 0 radical (unpaired) electrons. The van der Waals surface area contributed by atoms with E-state index in [0.717, 1.165) is 24.3 Å². The van der Waals surface area contributed by atoms with E-state index in [1.807, 2.05) is 24.3 Å². The summed E-state index contributed by atoms with van der Waals surface area (Å²) in [5, 5.41) is 10.1. The number of carbonyl (C=O) groups is 2. The number of anilines is 1. The lowest BCUT2D eigenvalue weighted by Gasteiger charge is -2.59. The van der Waals surface area contributed by atoms with E-state index < -0.39 is 0 Å². The first-order valence-electron chi connectivity index (χ1n) is 10.7. The van der Waals surface area contributed by atoms with Gasteiger partial charge in [0.05, 0.1) is 44.0 Å². The molecule has 2 amide bonds. The molecule has 3 aliphatic heterocycles. The summed E-state index contributed by atoms with van der Waals surface area (Å²) in [6.07, 6.45) is 3.20. The minimum atomic E-state index is -0.268. The summed E-state index contributed by atoms with van der Waals surface area (Å²) in [7, 11) is 0. The van der Waals surface area contributed by atoms with Crippen LogP contribution in [0.5, 0.6) is 0 Å². The van der Waals surface area contributed by atoms with Gasteiger partial charge < -0.3 is 19.6 Å². The molecule has 0 saturated carbocycles. The predicted octanol–water partition coefficient (Wildman–Crippen LogP) is 0.729. The third kappa shape index (κ3) is 3.50. The second-order valence-corrected chi connectivity index (χ2v) is 8.25. The summed E-state index contributed by atoms with van der Waals surface area (Å²) in [6, 6.07) is 10.9. The maximum atomic E-state index is 13.3. The van der Waals surface area contributed by atoms with Crippen LogP contribution in [0.25, 0.3) is 0 Å². The van der Waals surface area contributed by atoms with E-state index in [1.54, 1.807) is 34.3 Å². The van der Waals surface area contributed by atoms with Crippen molar-refractivity contribution in [2.24, 2.45) is 0 Å². The quantitative estimate of drug-likeness (QED) is 0.782. The second kappa shape index (κ2) is 8.37. The number of pyridine rings is 1. The zero-order chi connectivity index (χ0) is 21.4. The Bertz CT molecular complexity index is 963. The van der Waals surface area contributed by atoms with Gasteiger partial charge in [-0.3, -0.25) is 19.5 Å². The van der Waals surface area contributed by atoms with E-state index in [-0.39, 0.29) is 36.4 Å². The van der Waals surface area contributed by atoms with Crippen molar-refractivity contribution in [2.45, 2.75) is 18.0 Å². The Morgan fingerprint density at radius 2 is 1.94 bits per heavy atom. The molecule has 2 aromatic rings. The van der Waals surface area contributed by atoms with Gasteiger partial charge in [-0.2, -0.15) is 0 Å². The number of aliphatic hydroxyl groups is 1. The van der Waals surface area contributed by atoms with Gasteiger partial charge in [0.1, 0.15) is 0 Å². The normalized spacial score (nSPS) is 25.4. The van der Waals surface area contributed by atoms with E-state index in [0.29, 0.717) is 31.9 Å². The number of amides is 2. The second-order valence-electron chi connectivity index (χ2n) is 8.25. The molecular weight excluding hydrogens is 396 g/mol. The summed E-state index contributed by atoms with van der Waals surface area (Å²) in [4.78, 5) is 36.2. The van der Waals surface area contributed by atoms with Gasteiger partial charge in [0.15, 0.2) is 0 Å². The molecule has 1 aromatic carbocycles. The van der Waals surface area contributed by atoms with E-state index in [9.17, 15) is 14.7 Å². The molecule has 162 valence electrons. The van der Waals surface area contributed by atoms with Crippen molar-refractivity contribution in [2.75, 3.05) is 50.9 Å². The van der Waals surface area contributed by atoms with Gasteiger partial charge in [0.2, 0.25) is 5.91 Å². The van der Waals surface area contributed by atoms with Crippen molar-refractivity contribution in [3.63, 3.8) is 0 Å². The largest absolute Gasteiger partial charge is 0.394 e. The fourth-order valence-corrected chi connectivity index (χ4v) is 5.10. The highest BCUT2D eigenvalue weighted by Gasteiger charge is 2.55. The fraction of sp³-hybridized carbons (Fsp3) is 0.435. The molecule has 0 unspecified atom stereocenters. The van der Waals surface area contributed by atoms with Crippen LogP contribution >= 0.6 is 0 Å². The van der Waals surface area contributed by atoms with Gasteiger partial charge in [0.25, 0.3) is 5.91 Å². The molecule has 0 aliphatic carbocycles. The molecule has 8 heteroatoms. The summed E-state index contributed by atoms with van der Waals surface area (Å²) < 4.78 is 5.38. The first-order chi connectivity index (χ1) is 15.2. The van der Waals surface area contributed by atoms with Gasteiger partial charge in [-0.05, 0) is 23.8 Å². The highest BCUT2D eigenvalue weighted by Crippen LogP contribution is 2.48.